The Morgan fingerprint density at radius 1 is 1.33 bits per heavy atom. The zero-order valence-corrected chi connectivity index (χ0v) is 12.0. The van der Waals surface area contributed by atoms with Crippen molar-refractivity contribution in [3.05, 3.63) is 52.3 Å². The van der Waals surface area contributed by atoms with Gasteiger partial charge in [0.05, 0.1) is 19.0 Å². The number of methoxy groups -OCH3 is 1. The highest BCUT2D eigenvalue weighted by molar-refractivity contribution is 9.10. The summed E-state index contributed by atoms with van der Waals surface area (Å²) < 4.78 is 6.38. The fourth-order valence-electron chi connectivity index (χ4n) is 1.68. The number of pyridine rings is 1. The molecule has 2 aromatic rings. The van der Waals surface area contributed by atoms with Gasteiger partial charge in [0.1, 0.15) is 0 Å². The van der Waals surface area contributed by atoms with E-state index in [9.17, 15) is 0 Å². The van der Waals surface area contributed by atoms with E-state index in [2.05, 4.69) is 32.3 Å². The molecule has 0 radical (unpaired) electrons. The van der Waals surface area contributed by atoms with E-state index < -0.39 is 0 Å². The van der Waals surface area contributed by atoms with Crippen LogP contribution >= 0.6 is 15.9 Å². The molecule has 94 valence electrons. The number of hydrogen-bond acceptors (Lipinski definition) is 3. The molecule has 1 aromatic carbocycles. The zero-order chi connectivity index (χ0) is 13.0. The highest BCUT2D eigenvalue weighted by Crippen LogP contribution is 2.25. The van der Waals surface area contributed by atoms with Crippen LogP contribution in [0.5, 0.6) is 5.75 Å². The number of aromatic nitrogens is 1. The molecule has 0 amide bonds. The largest absolute Gasteiger partial charge is 0.493 e. The first-order valence-electron chi connectivity index (χ1n) is 5.68. The first-order valence-corrected chi connectivity index (χ1v) is 6.48. The van der Waals surface area contributed by atoms with Gasteiger partial charge in [-0.15, -0.1) is 0 Å². The first kappa shape index (κ1) is 12.9. The van der Waals surface area contributed by atoms with Crippen LogP contribution in [0.2, 0.25) is 0 Å². The highest BCUT2D eigenvalue weighted by atomic mass is 79.9. The summed E-state index contributed by atoms with van der Waals surface area (Å²) in [6, 6.07) is 10.1. The molecule has 0 bridgehead atoms. The lowest BCUT2D eigenvalue weighted by molar-refractivity contribution is 0.414. The minimum absolute atomic E-state index is 0.737. The minimum Gasteiger partial charge on any atom is -0.493 e. The minimum atomic E-state index is 0.737. The lowest BCUT2D eigenvalue weighted by Crippen LogP contribution is -2.03. The number of rotatable bonds is 4. The average Bonchev–Trinajstić information content (AvgIpc) is 2.38. The van der Waals surface area contributed by atoms with E-state index in [1.54, 1.807) is 13.3 Å². The second-order valence-corrected chi connectivity index (χ2v) is 4.83. The Morgan fingerprint density at radius 2 is 2.11 bits per heavy atom. The van der Waals surface area contributed by atoms with Gasteiger partial charge < -0.3 is 10.1 Å². The Bertz CT molecular complexity index is 543. The summed E-state index contributed by atoms with van der Waals surface area (Å²) in [5.74, 6) is 0.757. The van der Waals surface area contributed by atoms with Crippen LogP contribution in [0.15, 0.2) is 41.0 Å². The van der Waals surface area contributed by atoms with Gasteiger partial charge in [-0.1, -0.05) is 34.1 Å². The van der Waals surface area contributed by atoms with E-state index in [0.29, 0.717) is 0 Å². The van der Waals surface area contributed by atoms with Crippen LogP contribution in [-0.4, -0.2) is 12.1 Å². The molecule has 2 rings (SSSR count). The molecule has 3 nitrogen and oxygen atoms in total. The second-order valence-electron chi connectivity index (χ2n) is 3.97. The van der Waals surface area contributed by atoms with E-state index in [1.165, 1.54) is 5.56 Å². The molecule has 1 N–H and O–H groups in total. The van der Waals surface area contributed by atoms with Gasteiger partial charge in [0.2, 0.25) is 0 Å². The maximum absolute atomic E-state index is 5.28. The maximum Gasteiger partial charge on any atom is 0.160 e. The van der Waals surface area contributed by atoms with E-state index in [4.69, 9.17) is 4.74 Å². The number of ether oxygens (including phenoxy) is 1. The lowest BCUT2D eigenvalue weighted by atomic mass is 10.2. The number of hydrogen-bond donors (Lipinski definition) is 1. The van der Waals surface area contributed by atoms with Crippen LogP contribution in [0, 0.1) is 6.92 Å². The van der Waals surface area contributed by atoms with Gasteiger partial charge in [0.15, 0.2) is 5.75 Å². The molecule has 0 aliphatic heterocycles. The third-order valence-corrected chi connectivity index (χ3v) is 3.42. The smallest absolute Gasteiger partial charge is 0.160 e. The van der Waals surface area contributed by atoms with Gasteiger partial charge in [-0.2, -0.15) is 0 Å². The van der Waals surface area contributed by atoms with Crippen LogP contribution in [0.25, 0.3) is 0 Å². The maximum atomic E-state index is 5.28. The van der Waals surface area contributed by atoms with E-state index >= 15 is 0 Å². The quantitative estimate of drug-likeness (QED) is 0.933. The molecule has 1 heterocycles. The van der Waals surface area contributed by atoms with Crippen LogP contribution in [0.4, 0.5) is 5.69 Å². The summed E-state index contributed by atoms with van der Waals surface area (Å²) in [5.41, 5.74) is 3.13. The van der Waals surface area contributed by atoms with Gasteiger partial charge in [0.25, 0.3) is 0 Å². The summed E-state index contributed by atoms with van der Waals surface area (Å²) in [4.78, 5) is 4.21. The molecule has 18 heavy (non-hydrogen) atoms. The predicted molar refractivity (Wildman–Crippen MR) is 77.0 cm³/mol. The Hall–Kier alpha value is -1.55. The monoisotopic (exact) mass is 306 g/mol. The van der Waals surface area contributed by atoms with Gasteiger partial charge >= 0.3 is 0 Å². The van der Waals surface area contributed by atoms with Crippen molar-refractivity contribution in [3.63, 3.8) is 0 Å². The Morgan fingerprint density at radius 3 is 2.83 bits per heavy atom. The van der Waals surface area contributed by atoms with Crippen molar-refractivity contribution in [3.8, 4) is 5.75 Å². The molecule has 0 saturated carbocycles. The summed E-state index contributed by atoms with van der Waals surface area (Å²) in [7, 11) is 1.65. The molecule has 0 aliphatic carbocycles. The van der Waals surface area contributed by atoms with Crippen LogP contribution in [0.3, 0.4) is 0 Å². The predicted octanol–water partition coefficient (Wildman–Crippen LogP) is 3.77. The zero-order valence-electron chi connectivity index (χ0n) is 10.4. The van der Waals surface area contributed by atoms with Gasteiger partial charge in [0, 0.05) is 16.7 Å². The first-order chi connectivity index (χ1) is 8.70. The number of nitrogens with zero attached hydrogens (tertiary/aromatic N) is 1. The van der Waals surface area contributed by atoms with Gasteiger partial charge in [-0.3, -0.25) is 4.98 Å². The molecule has 0 spiro atoms. The Balaban J connectivity index is 2.15. The fraction of sp³-hybridized carbons (Fsp3) is 0.214. The topological polar surface area (TPSA) is 34.1 Å². The molecule has 0 unspecified atom stereocenters. The highest BCUT2D eigenvalue weighted by Gasteiger charge is 2.04. The van der Waals surface area contributed by atoms with Gasteiger partial charge in [-0.05, 0) is 24.6 Å². The Kier molecular flexibility index (Phi) is 4.20. The van der Waals surface area contributed by atoms with Crippen molar-refractivity contribution < 1.29 is 4.74 Å². The van der Waals surface area contributed by atoms with E-state index in [1.807, 2.05) is 31.2 Å². The standard InChI is InChI=1S/C14H15BrN2O/c1-10-7-13(14(18-2)9-16-10)17-8-11-5-3-4-6-12(11)15/h3-7,9H,8H2,1-2H3,(H,16,17). The SMILES string of the molecule is COc1cnc(C)cc1NCc1ccccc1Br. The third kappa shape index (κ3) is 3.01. The second kappa shape index (κ2) is 5.87. The lowest BCUT2D eigenvalue weighted by Gasteiger charge is -2.12. The molecule has 1 aromatic heterocycles. The number of nitrogens with one attached hydrogen (secondary N) is 1. The number of anilines is 1. The molecular weight excluding hydrogens is 292 g/mol. The summed E-state index contributed by atoms with van der Waals surface area (Å²) in [6.45, 7) is 2.70. The fourth-order valence-corrected chi connectivity index (χ4v) is 2.11. The molecule has 0 aliphatic rings. The summed E-state index contributed by atoms with van der Waals surface area (Å²) in [6.07, 6.45) is 1.73. The van der Waals surface area contributed by atoms with Crippen molar-refractivity contribution in [2.24, 2.45) is 0 Å². The third-order valence-electron chi connectivity index (χ3n) is 2.65. The van der Waals surface area contributed by atoms with Crippen LogP contribution < -0.4 is 10.1 Å². The van der Waals surface area contributed by atoms with Gasteiger partial charge in [-0.25, -0.2) is 0 Å². The number of aryl methyl sites for hydroxylation is 1. The van der Waals surface area contributed by atoms with Crippen molar-refractivity contribution in [2.75, 3.05) is 12.4 Å². The van der Waals surface area contributed by atoms with Crippen LogP contribution in [0.1, 0.15) is 11.3 Å². The van der Waals surface area contributed by atoms with Crippen molar-refractivity contribution in [1.82, 2.24) is 4.98 Å². The molecule has 0 fully saturated rings. The van der Waals surface area contributed by atoms with E-state index in [-0.39, 0.29) is 0 Å². The molecule has 0 saturated heterocycles. The molecule has 4 heteroatoms. The number of benzene rings is 1. The van der Waals surface area contributed by atoms with Crippen LogP contribution in [-0.2, 0) is 6.54 Å². The van der Waals surface area contributed by atoms with E-state index in [0.717, 1.165) is 28.1 Å². The normalized spacial score (nSPS) is 10.2. The average molecular weight is 307 g/mol. The molecule has 0 atom stereocenters. The van der Waals surface area contributed by atoms with Crippen molar-refractivity contribution in [1.29, 1.82) is 0 Å². The Labute approximate surface area is 115 Å². The summed E-state index contributed by atoms with van der Waals surface area (Å²) >= 11 is 3.54. The van der Waals surface area contributed by atoms with Crippen molar-refractivity contribution in [2.45, 2.75) is 13.5 Å². The van der Waals surface area contributed by atoms with Crippen molar-refractivity contribution >= 4 is 21.6 Å². The summed E-state index contributed by atoms with van der Waals surface area (Å²) in [5, 5.41) is 3.37. The molecular formula is C14H15BrN2O. The number of halogens is 1.